The van der Waals surface area contributed by atoms with Crippen molar-refractivity contribution >= 4 is 0 Å². The molecular formula is C6H13N. The maximum atomic E-state index is 3.63. The predicted octanol–water partition coefficient (Wildman–Crippen LogP) is 1.02. The first-order chi connectivity index (χ1) is 3.41. The first kappa shape index (κ1) is 6.96. The van der Waals surface area contributed by atoms with Gasteiger partial charge in [0.05, 0.1) is 0 Å². The highest BCUT2D eigenvalue weighted by Crippen LogP contribution is 1.78. The van der Waals surface area contributed by atoms with E-state index in [4.69, 9.17) is 0 Å². The predicted molar refractivity (Wildman–Crippen MR) is 32.8 cm³/mol. The highest BCUT2D eigenvalue weighted by Gasteiger charge is 1.77. The third-order valence-corrected chi connectivity index (χ3v) is 0.787. The molecule has 0 bridgehead atoms. The van der Waals surface area contributed by atoms with Crippen LogP contribution in [0.5, 0.6) is 0 Å². The van der Waals surface area contributed by atoms with Crippen LogP contribution >= 0.6 is 0 Å². The van der Waals surface area contributed by atoms with Crippen LogP contribution in [-0.4, -0.2) is 13.1 Å². The minimum absolute atomic E-state index is 0.841. The zero-order chi connectivity index (χ0) is 5.54. The fourth-order valence-electron chi connectivity index (χ4n) is 0.371. The second-order valence-electron chi connectivity index (χ2n) is 1.45. The molecule has 0 atom stereocenters. The normalized spacial score (nSPS) is 9.43. The summed E-state index contributed by atoms with van der Waals surface area (Å²) in [5.41, 5.74) is 0. The van der Waals surface area contributed by atoms with Crippen LogP contribution in [0.2, 0.25) is 0 Å². The van der Waals surface area contributed by atoms with E-state index in [1.54, 1.807) is 0 Å². The molecule has 0 aliphatic heterocycles. The molecule has 0 rings (SSSR count). The first-order valence-electron chi connectivity index (χ1n) is 2.69. The van der Waals surface area contributed by atoms with E-state index in [9.17, 15) is 0 Å². The van der Waals surface area contributed by atoms with Gasteiger partial charge in [0, 0.05) is 0 Å². The second-order valence-corrected chi connectivity index (χ2v) is 1.45. The van der Waals surface area contributed by atoms with Crippen LogP contribution in [0.15, 0.2) is 0 Å². The van der Waals surface area contributed by atoms with E-state index in [-0.39, 0.29) is 0 Å². The lowest BCUT2D eigenvalue weighted by Gasteiger charge is -1.94. The van der Waals surface area contributed by atoms with Gasteiger partial charge in [0.15, 0.2) is 0 Å². The lowest BCUT2D eigenvalue weighted by atomic mass is 10.3. The van der Waals surface area contributed by atoms with Crippen molar-refractivity contribution < 1.29 is 0 Å². The molecule has 0 saturated heterocycles. The van der Waals surface area contributed by atoms with Crippen molar-refractivity contribution in [1.29, 1.82) is 0 Å². The fourth-order valence-corrected chi connectivity index (χ4v) is 0.371. The van der Waals surface area contributed by atoms with E-state index in [0.717, 1.165) is 19.5 Å². The van der Waals surface area contributed by atoms with E-state index in [2.05, 4.69) is 25.6 Å². The molecule has 0 spiro atoms. The molecule has 0 aromatic carbocycles. The summed E-state index contributed by atoms with van der Waals surface area (Å²) in [5.74, 6) is 0. The summed E-state index contributed by atoms with van der Waals surface area (Å²) < 4.78 is 0. The first-order valence-corrected chi connectivity index (χ1v) is 2.69. The molecule has 1 heteroatoms. The molecule has 0 unspecified atom stereocenters. The number of hydrogen-bond acceptors (Lipinski definition) is 1. The van der Waals surface area contributed by atoms with Crippen LogP contribution < -0.4 is 5.32 Å². The lowest BCUT2D eigenvalue weighted by molar-refractivity contribution is 0.736. The zero-order valence-electron chi connectivity index (χ0n) is 4.91. The summed E-state index contributed by atoms with van der Waals surface area (Å²) in [6.07, 6.45) is 3.29. The van der Waals surface area contributed by atoms with Gasteiger partial charge in [-0.2, -0.15) is 0 Å². The summed E-state index contributed by atoms with van der Waals surface area (Å²) in [5, 5.41) is 3.11. The number of hydrogen-bond donors (Lipinski definition) is 1. The van der Waals surface area contributed by atoms with Gasteiger partial charge in [-0.05, 0) is 32.9 Å². The average molecular weight is 99.2 g/mol. The molecule has 0 aromatic rings. The number of nitrogens with one attached hydrogen (secondary N) is 1. The van der Waals surface area contributed by atoms with Crippen molar-refractivity contribution in [1.82, 2.24) is 5.32 Å². The summed E-state index contributed by atoms with van der Waals surface area (Å²) in [6.45, 7) is 7.60. The van der Waals surface area contributed by atoms with Crippen LogP contribution in [-0.2, 0) is 0 Å². The van der Waals surface area contributed by atoms with E-state index < -0.39 is 0 Å². The van der Waals surface area contributed by atoms with Crippen molar-refractivity contribution in [3.63, 3.8) is 0 Å². The lowest BCUT2D eigenvalue weighted by Crippen LogP contribution is -2.13. The Kier molecular flexibility index (Phi) is 5.93. The molecule has 0 aliphatic rings. The van der Waals surface area contributed by atoms with Gasteiger partial charge in [0.2, 0.25) is 0 Å². The summed E-state index contributed by atoms with van der Waals surface area (Å²) >= 11 is 0. The SMILES string of the molecule is [CH2]CNCC[CH]C. The Morgan fingerprint density at radius 2 is 2.43 bits per heavy atom. The second kappa shape index (κ2) is 5.96. The Labute approximate surface area is 46.1 Å². The largest absolute Gasteiger partial charge is 0.317 e. The molecule has 0 amide bonds. The fraction of sp³-hybridized carbons (Fsp3) is 0.667. The molecular weight excluding hydrogens is 86.1 g/mol. The van der Waals surface area contributed by atoms with Crippen LogP contribution in [0, 0.1) is 13.3 Å². The van der Waals surface area contributed by atoms with Crippen LogP contribution in [0.25, 0.3) is 0 Å². The highest BCUT2D eigenvalue weighted by atomic mass is 14.8. The Balaban J connectivity index is 2.45. The molecule has 0 fully saturated rings. The molecule has 1 nitrogen and oxygen atoms in total. The van der Waals surface area contributed by atoms with Gasteiger partial charge in [-0.25, -0.2) is 0 Å². The van der Waals surface area contributed by atoms with Gasteiger partial charge in [-0.15, -0.1) is 0 Å². The molecule has 0 aromatic heterocycles. The van der Waals surface area contributed by atoms with Crippen molar-refractivity contribution in [3.05, 3.63) is 13.3 Å². The maximum Gasteiger partial charge on any atom is -0.00463 e. The van der Waals surface area contributed by atoms with Crippen molar-refractivity contribution in [2.24, 2.45) is 0 Å². The summed E-state index contributed by atoms with van der Waals surface area (Å²) in [6, 6.07) is 0. The molecule has 0 aliphatic carbocycles. The molecule has 0 saturated carbocycles. The van der Waals surface area contributed by atoms with Crippen molar-refractivity contribution in [3.8, 4) is 0 Å². The minimum atomic E-state index is 0.841. The molecule has 1 N–H and O–H groups in total. The van der Waals surface area contributed by atoms with Gasteiger partial charge in [0.25, 0.3) is 0 Å². The van der Waals surface area contributed by atoms with Gasteiger partial charge < -0.3 is 5.32 Å². The van der Waals surface area contributed by atoms with E-state index in [1.165, 1.54) is 0 Å². The Bertz CT molecular complexity index is 23.4. The van der Waals surface area contributed by atoms with Gasteiger partial charge in [-0.3, -0.25) is 0 Å². The van der Waals surface area contributed by atoms with Crippen LogP contribution in [0.1, 0.15) is 13.3 Å². The number of unbranched alkanes of at least 4 members (excludes halogenated alkanes) is 1. The van der Waals surface area contributed by atoms with Gasteiger partial charge >= 0.3 is 0 Å². The van der Waals surface area contributed by atoms with E-state index in [0.29, 0.717) is 0 Å². The van der Waals surface area contributed by atoms with Crippen LogP contribution in [0.3, 0.4) is 0 Å². The number of rotatable bonds is 4. The molecule has 2 radical (unpaired) electrons. The van der Waals surface area contributed by atoms with E-state index >= 15 is 0 Å². The maximum absolute atomic E-state index is 3.63. The average Bonchev–Trinajstić information content (AvgIpc) is 1.69. The highest BCUT2D eigenvalue weighted by molar-refractivity contribution is 4.57. The Morgan fingerprint density at radius 1 is 1.71 bits per heavy atom. The summed E-state index contributed by atoms with van der Waals surface area (Å²) in [7, 11) is 0. The third kappa shape index (κ3) is 5.96. The third-order valence-electron chi connectivity index (χ3n) is 0.787. The topological polar surface area (TPSA) is 12.0 Å². The molecule has 42 valence electrons. The molecule has 0 heterocycles. The Morgan fingerprint density at radius 3 is 2.86 bits per heavy atom. The monoisotopic (exact) mass is 99.1 g/mol. The van der Waals surface area contributed by atoms with Gasteiger partial charge in [0.1, 0.15) is 0 Å². The quantitative estimate of drug-likeness (QED) is 0.519. The summed E-state index contributed by atoms with van der Waals surface area (Å²) in [4.78, 5) is 0. The standard InChI is InChI=1S/C6H13N/c1-3-5-6-7-4-2/h3,7H,2,4-6H2,1H3. The van der Waals surface area contributed by atoms with Crippen LogP contribution in [0.4, 0.5) is 0 Å². The Hall–Kier alpha value is -0.0400. The van der Waals surface area contributed by atoms with Crippen molar-refractivity contribution in [2.45, 2.75) is 13.3 Å². The minimum Gasteiger partial charge on any atom is -0.317 e. The van der Waals surface area contributed by atoms with Crippen molar-refractivity contribution in [2.75, 3.05) is 13.1 Å². The van der Waals surface area contributed by atoms with E-state index in [1.807, 2.05) is 0 Å². The van der Waals surface area contributed by atoms with Gasteiger partial charge in [-0.1, -0.05) is 6.92 Å². The smallest absolute Gasteiger partial charge is 0.00463 e. The molecule has 7 heavy (non-hydrogen) atoms. The zero-order valence-corrected chi connectivity index (χ0v) is 4.91.